The van der Waals surface area contributed by atoms with Gasteiger partial charge < -0.3 is 47.1 Å². The van der Waals surface area contributed by atoms with Gasteiger partial charge in [0.15, 0.2) is 28.7 Å². The van der Waals surface area contributed by atoms with Crippen molar-refractivity contribution in [2.45, 2.75) is 243 Å². The van der Waals surface area contributed by atoms with Gasteiger partial charge in [0.2, 0.25) is 0 Å². The fraction of sp³-hybridized carbons (Fsp3) is 0.542. The molecule has 8 aliphatic rings. The number of halogens is 15. The highest BCUT2D eigenvalue weighted by Gasteiger charge is 2.60. The van der Waals surface area contributed by atoms with Gasteiger partial charge in [-0.15, -0.1) is 28.3 Å². The second kappa shape index (κ2) is 43.1. The van der Waals surface area contributed by atoms with Gasteiger partial charge >= 0.3 is 54.9 Å². The van der Waals surface area contributed by atoms with E-state index in [1.807, 2.05) is 32.8 Å². The van der Waals surface area contributed by atoms with Crippen molar-refractivity contribution in [3.05, 3.63) is 137 Å². The molecular weight excluding hydrogens is 1850 g/mol. The predicted octanol–water partition coefficient (Wildman–Crippen LogP) is 12.2. The summed E-state index contributed by atoms with van der Waals surface area (Å²) < 4.78 is 161. The SMILES string of the molecule is CC(C)(C)OC(=O)N1[C@@H]2C[C@@H]2C[C@H]1C(=O)Cc1ccn(CC(F)(F)F)n1.CC(C)(C)OC(=O)N1[C@@H]2C[C@@H]2C[C@H]1C(=O)O.CC(C)=C(Cl)N(C)C.ClCCl.NC(=O)c1nn(CC(=O)O)c2ccccc12.NC(=O)c1nn(OC(=O)N2[C@@H]3C[C@@H]3C[C@H]2C(=O)Cc2ccn(CC(F)(F)F)n2)c2ccccc12.Nc1ccn(CC(F)(F)F)n1.O=C(Cc1ccn(CC(F)(F)F)n1)[C@@H]1C[C@H]2C[C@H]2N1. The second-order valence-electron chi connectivity index (χ2n) is 34.9. The van der Waals surface area contributed by atoms with Crippen molar-refractivity contribution in [2.75, 3.05) is 25.2 Å². The number of aromatic nitrogens is 12. The molecule has 10 heterocycles. The maximum absolute atomic E-state index is 13.0. The van der Waals surface area contributed by atoms with Crippen LogP contribution >= 0.6 is 34.8 Å². The number of piperidine rings is 4. The van der Waals surface area contributed by atoms with E-state index in [0.29, 0.717) is 70.6 Å². The van der Waals surface area contributed by atoms with Gasteiger partial charge in [-0.25, -0.2) is 19.2 Å². The summed E-state index contributed by atoms with van der Waals surface area (Å²) in [7, 11) is 3.85. The minimum atomic E-state index is -4.42. The highest BCUT2D eigenvalue weighted by molar-refractivity contribution is 6.40. The molecule has 16 rings (SSSR count). The minimum Gasteiger partial charge on any atom is -0.480 e. The van der Waals surface area contributed by atoms with Gasteiger partial charge in [0.25, 0.3) is 11.8 Å². The molecule has 4 saturated carbocycles. The van der Waals surface area contributed by atoms with E-state index >= 15 is 0 Å². The van der Waals surface area contributed by atoms with Gasteiger partial charge in [0.1, 0.15) is 66.5 Å². The van der Waals surface area contributed by atoms with Crippen molar-refractivity contribution in [3.8, 4) is 0 Å². The lowest BCUT2D eigenvalue weighted by atomic mass is 10.0. The summed E-state index contributed by atoms with van der Waals surface area (Å²) in [6.07, 6.45) is -8.46. The first-order chi connectivity index (χ1) is 61.8. The molecule has 12 atom stereocenters. The lowest BCUT2D eigenvalue weighted by molar-refractivity contribution is -0.143. The molecule has 0 unspecified atom stereocenters. The molecule has 728 valence electrons. The molecule has 0 radical (unpaired) electrons. The number of benzene rings is 2. The monoisotopic (exact) mass is 1950 g/mol. The molecule has 9 N–H and O–H groups in total. The molecule has 50 heteroatoms. The van der Waals surface area contributed by atoms with Crippen LogP contribution < -0.4 is 27.4 Å². The number of nitrogens with zero attached hydrogens (tertiary/aromatic N) is 16. The van der Waals surface area contributed by atoms with Crippen molar-refractivity contribution in [3.63, 3.8) is 0 Å². The molecule has 35 nitrogen and oxygen atoms in total. The number of carbonyl (C=O) groups excluding carboxylic acids is 8. The molecule has 0 spiro atoms. The van der Waals surface area contributed by atoms with Crippen LogP contribution in [0.15, 0.2) is 108 Å². The van der Waals surface area contributed by atoms with E-state index in [1.165, 1.54) is 62.2 Å². The summed E-state index contributed by atoms with van der Waals surface area (Å²) in [6.45, 7) is 9.64. The van der Waals surface area contributed by atoms with Crippen LogP contribution in [0.4, 0.5) is 72.9 Å². The van der Waals surface area contributed by atoms with Gasteiger partial charge in [-0.05, 0) is 172 Å². The van der Waals surface area contributed by atoms with E-state index in [0.717, 1.165) is 72.6 Å². The highest BCUT2D eigenvalue weighted by Crippen LogP contribution is 2.51. The van der Waals surface area contributed by atoms with Gasteiger partial charge in [0, 0.05) is 73.8 Å². The number of rotatable bonds is 20. The Morgan fingerprint density at radius 3 is 1.20 bits per heavy atom. The number of hydrogen-bond donors (Lipinski definition) is 6. The zero-order valence-electron chi connectivity index (χ0n) is 73.4. The molecule has 0 bridgehead atoms. The van der Waals surface area contributed by atoms with Crippen LogP contribution in [0, 0.1) is 23.7 Å². The number of amides is 5. The normalized spacial score (nSPS) is 21.4. The number of ether oxygens (including phenoxy) is 2. The summed E-state index contributed by atoms with van der Waals surface area (Å²) in [5.41, 5.74) is 17.4. The third-order valence-corrected chi connectivity index (χ3v) is 21.9. The Hall–Kier alpha value is -11.8. The zero-order chi connectivity index (χ0) is 98.8. The fourth-order valence-electron chi connectivity index (χ4n) is 15.4. The lowest BCUT2D eigenvalue weighted by Crippen LogP contribution is -2.47. The number of carbonyl (C=O) groups is 10. The first-order valence-electron chi connectivity index (χ1n) is 41.4. The van der Waals surface area contributed by atoms with Crippen LogP contribution in [0.25, 0.3) is 21.8 Å². The zero-order valence-corrected chi connectivity index (χ0v) is 75.7. The molecule has 6 aromatic heterocycles. The topological polar surface area (TPSA) is 449 Å². The van der Waals surface area contributed by atoms with Crippen molar-refractivity contribution in [2.24, 2.45) is 35.1 Å². The largest absolute Gasteiger partial charge is 0.480 e. The first-order valence-corrected chi connectivity index (χ1v) is 42.8. The maximum atomic E-state index is 13.0. The molecule has 133 heavy (non-hydrogen) atoms. The Balaban J connectivity index is 0.000000181. The van der Waals surface area contributed by atoms with Gasteiger partial charge in [0.05, 0.1) is 65.3 Å². The van der Waals surface area contributed by atoms with E-state index in [9.17, 15) is 101 Å². The number of ketones is 3. The summed E-state index contributed by atoms with van der Waals surface area (Å²) in [6, 6.07) is 17.2. The number of alkyl halides is 14. The molecule has 8 fully saturated rings. The number of Topliss-reactive ketones (excluding diaryl/α,β-unsaturated/α-hetero) is 3. The number of anilines is 1. The Kier molecular flexibility index (Phi) is 34.0. The van der Waals surface area contributed by atoms with Crippen LogP contribution in [0.2, 0.25) is 0 Å². The summed E-state index contributed by atoms with van der Waals surface area (Å²) in [5, 5.41) is 45.6. The Labute approximate surface area is 767 Å². The Morgan fingerprint density at radius 1 is 0.481 bits per heavy atom. The number of primary amides is 2. The van der Waals surface area contributed by atoms with Crippen molar-refractivity contribution >= 4 is 122 Å². The molecule has 4 aliphatic carbocycles. The van der Waals surface area contributed by atoms with E-state index in [4.69, 9.17) is 76.5 Å². The van der Waals surface area contributed by atoms with E-state index < -0.39 is 122 Å². The third kappa shape index (κ3) is 31.2. The predicted molar refractivity (Wildman–Crippen MR) is 454 cm³/mol. The molecule has 8 aromatic rings. The molecule has 4 aliphatic heterocycles. The molecule has 4 saturated heterocycles. The average molecular weight is 1950 g/mol. The van der Waals surface area contributed by atoms with Gasteiger partial charge in [-0.3, -0.25) is 71.7 Å². The van der Waals surface area contributed by atoms with Gasteiger partial charge in [-0.1, -0.05) is 52.8 Å². The number of nitrogen functional groups attached to an aromatic ring is 1. The lowest BCUT2D eigenvalue weighted by Gasteiger charge is -2.29. The Bertz CT molecular complexity index is 5510. The molecule has 5 amide bonds. The van der Waals surface area contributed by atoms with Crippen LogP contribution in [-0.4, -0.2) is 252 Å². The summed E-state index contributed by atoms with van der Waals surface area (Å²) in [5.74, 6) is -2.41. The smallest absolute Gasteiger partial charge is 0.436 e. The number of nitrogens with one attached hydrogen (secondary N) is 1. The maximum Gasteiger partial charge on any atom is 0.436 e. The molecule has 2 aromatic carbocycles. The van der Waals surface area contributed by atoms with Crippen molar-refractivity contribution in [1.29, 1.82) is 0 Å². The Morgan fingerprint density at radius 2 is 0.850 bits per heavy atom. The fourth-order valence-corrected chi connectivity index (χ4v) is 15.4. The number of aliphatic carboxylic acids is 2. The first kappa shape index (κ1) is 105. The van der Waals surface area contributed by atoms with Crippen LogP contribution in [0.1, 0.15) is 145 Å². The number of para-hydroxylation sites is 2. The third-order valence-electron chi connectivity index (χ3n) is 21.1. The average Bonchev–Trinajstić information content (AvgIpc) is 1.59. The number of allylic oxidation sites excluding steroid dienone is 1. The quantitative estimate of drug-likeness (QED) is 0.0234. The minimum absolute atomic E-state index is 0.0180. The van der Waals surface area contributed by atoms with Crippen LogP contribution in [0.5, 0.6) is 0 Å². The number of hydrogen-bond acceptors (Lipinski definition) is 22. The van der Waals surface area contributed by atoms with E-state index in [2.05, 4.69) is 35.9 Å². The highest BCUT2D eigenvalue weighted by atomic mass is 35.5. The standard InChI is InChI=1S/C21H19F3N6O4.C17H22F3N3O3.C12H14F3N3O.C11H17NO4.C10H9N3O3.C6H12ClN.C5H6F3N3.CH2Cl2/c22-21(23,24)10-28-6-5-12(26-28)9-17(31)16-8-11-7-15(11)29(16)20(33)34-30-14-4-2-1-3-13(14)18(27-30)19(25)32;1-16(2,3)26-15(25)23-12-6-10(12)7-13(23)14(24)8-11-4-5-22(21-11)9-17(18,19)20;13-12(14,15)6-18-2-1-8(17-18)5-11(19)10-4-7-3-9(7)16-10;1-11(2,3)16-10(15)12-7-4-6(7)5-8(12)9(13)14;11-10(16)9-6-3-1-2-4-7(6)13(12-9)5-8(14)15;1-5(2)6(7)8(3)4;6-5(7,8)3-11-2-1-4(9)10-11;2-1-3/h1-6,11,15-16H,7-10H2,(H2,25,32);4-5,10,12-13H,6-9H2,1-3H3;1-2,7,9-10,16H,3-6H2;6-8H,4-5H2,1-3H3,(H,13,14);1-4H,5H2,(H2,11,16)(H,14,15);1-4H3;1-2H,3H2,(H2,9,10);1H2/t11-,15-,16+;10-,12-,13+;7-,9-,10+;6-,7-,8+;;;;/m1111..../s1. The number of carboxylic acids is 2. The summed E-state index contributed by atoms with van der Waals surface area (Å²) in [4.78, 5) is 132. The van der Waals surface area contributed by atoms with E-state index in [1.54, 1.807) is 90.1 Å². The number of carboxylic acid groups (broad SMARTS) is 2. The number of nitrogens with two attached hydrogens (primary N) is 3. The second-order valence-corrected chi connectivity index (χ2v) is 36.1. The van der Waals surface area contributed by atoms with Crippen LogP contribution in [-0.2, 0) is 85.4 Å². The molecular formula is C83H101Cl3F12N20O15. The van der Waals surface area contributed by atoms with Crippen LogP contribution in [0.3, 0.4) is 0 Å². The van der Waals surface area contributed by atoms with Gasteiger partial charge in [-0.2, -0.15) is 78.2 Å². The van der Waals surface area contributed by atoms with Crippen molar-refractivity contribution < 1.29 is 125 Å². The summed E-state index contributed by atoms with van der Waals surface area (Å²) >= 11 is 15.3. The number of fused-ring (bicyclic) bond motifs is 6. The number of likely N-dealkylation sites (tertiary alicyclic amines) is 3. The van der Waals surface area contributed by atoms with E-state index in [-0.39, 0.29) is 107 Å². The van der Waals surface area contributed by atoms with Crippen molar-refractivity contribution in [1.82, 2.24) is 83.8 Å².